The highest BCUT2D eigenvalue weighted by molar-refractivity contribution is 6.01. The maximum absolute atomic E-state index is 12.2. The predicted octanol–water partition coefficient (Wildman–Crippen LogP) is 2.25. The van der Waals surface area contributed by atoms with E-state index in [2.05, 4.69) is 20.8 Å². The van der Waals surface area contributed by atoms with E-state index in [1.807, 2.05) is 19.9 Å². The Kier molecular flexibility index (Phi) is 3.80. The summed E-state index contributed by atoms with van der Waals surface area (Å²) in [5.74, 6) is -0.844. The number of H-pyrrole nitrogens is 1. The van der Waals surface area contributed by atoms with Gasteiger partial charge in [0.25, 0.3) is 11.8 Å². The summed E-state index contributed by atoms with van der Waals surface area (Å²) in [6.07, 6.45) is 1.52. The van der Waals surface area contributed by atoms with Crippen LogP contribution < -0.4 is 10.9 Å². The monoisotopic (exact) mass is 308 g/mol. The summed E-state index contributed by atoms with van der Waals surface area (Å²) in [5, 5.41) is 0.992. The van der Waals surface area contributed by atoms with Crippen molar-refractivity contribution >= 4 is 22.7 Å². The maximum Gasteiger partial charge on any atom is 0.288 e. The normalized spacial score (nSPS) is 10.5. The maximum atomic E-state index is 12.2. The van der Waals surface area contributed by atoms with Crippen molar-refractivity contribution in [2.24, 2.45) is 0 Å². The van der Waals surface area contributed by atoms with Gasteiger partial charge in [0.2, 0.25) is 0 Å². The van der Waals surface area contributed by atoms with Crippen LogP contribution in [-0.4, -0.2) is 21.8 Å². The lowest BCUT2D eigenvalue weighted by Crippen LogP contribution is -2.41. The third-order valence-corrected chi connectivity index (χ3v) is 3.76. The zero-order valence-electron chi connectivity index (χ0n) is 12.8. The number of aromatic nitrogens is 2. The molecule has 2 heterocycles. The third kappa shape index (κ3) is 2.91. The van der Waals surface area contributed by atoms with E-state index in [1.54, 1.807) is 30.3 Å². The van der Waals surface area contributed by atoms with Crippen LogP contribution in [0.15, 0.2) is 42.6 Å². The zero-order valence-corrected chi connectivity index (χ0v) is 12.8. The number of aryl methyl sites for hydroxylation is 2. The van der Waals surface area contributed by atoms with Gasteiger partial charge < -0.3 is 4.98 Å². The lowest BCUT2D eigenvalue weighted by atomic mass is 10.1. The van der Waals surface area contributed by atoms with Gasteiger partial charge in [0.1, 0.15) is 5.69 Å². The summed E-state index contributed by atoms with van der Waals surface area (Å²) in [7, 11) is 0. The fourth-order valence-corrected chi connectivity index (χ4v) is 2.35. The molecule has 0 saturated carbocycles. The number of nitrogens with one attached hydrogen (secondary N) is 3. The first-order valence-electron chi connectivity index (χ1n) is 7.17. The van der Waals surface area contributed by atoms with Gasteiger partial charge in [-0.3, -0.25) is 25.4 Å². The average molecular weight is 308 g/mol. The number of nitrogens with zero attached hydrogens (tertiary/aromatic N) is 1. The highest BCUT2D eigenvalue weighted by Gasteiger charge is 2.12. The van der Waals surface area contributed by atoms with Gasteiger partial charge in [-0.1, -0.05) is 6.07 Å². The largest absolute Gasteiger partial charge is 0.358 e. The molecule has 0 bridgehead atoms. The first-order chi connectivity index (χ1) is 11.1. The number of carbonyl (C=O) groups is 2. The molecule has 2 aromatic heterocycles. The average Bonchev–Trinajstić information content (AvgIpc) is 2.87. The lowest BCUT2D eigenvalue weighted by Gasteiger charge is -2.07. The van der Waals surface area contributed by atoms with Gasteiger partial charge in [-0.2, -0.15) is 0 Å². The fourth-order valence-electron chi connectivity index (χ4n) is 2.35. The van der Waals surface area contributed by atoms with Crippen molar-refractivity contribution in [3.8, 4) is 0 Å². The molecule has 0 aliphatic carbocycles. The van der Waals surface area contributed by atoms with Crippen molar-refractivity contribution in [3.63, 3.8) is 0 Å². The second-order valence-electron chi connectivity index (χ2n) is 5.26. The second kappa shape index (κ2) is 5.92. The van der Waals surface area contributed by atoms with Gasteiger partial charge in [-0.05, 0) is 49.7 Å². The molecule has 0 spiro atoms. The SMILES string of the molecule is Cc1[nH]c2ccc(C(=O)NNC(=O)c3ccccn3)cc2c1C. The number of rotatable bonds is 2. The van der Waals surface area contributed by atoms with Gasteiger partial charge >= 0.3 is 0 Å². The number of amides is 2. The van der Waals surface area contributed by atoms with Crippen LogP contribution in [0.2, 0.25) is 0 Å². The predicted molar refractivity (Wildman–Crippen MR) is 86.9 cm³/mol. The molecule has 0 atom stereocenters. The van der Waals surface area contributed by atoms with Crippen LogP contribution >= 0.6 is 0 Å². The minimum Gasteiger partial charge on any atom is -0.358 e. The summed E-state index contributed by atoms with van der Waals surface area (Å²) in [4.78, 5) is 31.2. The zero-order chi connectivity index (χ0) is 16.4. The molecule has 2 amide bonds. The van der Waals surface area contributed by atoms with Gasteiger partial charge in [0, 0.05) is 28.4 Å². The van der Waals surface area contributed by atoms with Gasteiger partial charge in [-0.15, -0.1) is 0 Å². The Bertz CT molecular complexity index is 884. The number of benzene rings is 1. The van der Waals surface area contributed by atoms with E-state index in [1.165, 1.54) is 6.20 Å². The number of fused-ring (bicyclic) bond motifs is 1. The molecule has 3 rings (SSSR count). The van der Waals surface area contributed by atoms with Crippen LogP contribution in [0.5, 0.6) is 0 Å². The summed E-state index contributed by atoms with van der Waals surface area (Å²) >= 11 is 0. The topological polar surface area (TPSA) is 86.9 Å². The van der Waals surface area contributed by atoms with Crippen LogP contribution in [0.3, 0.4) is 0 Å². The van der Waals surface area contributed by atoms with E-state index in [0.29, 0.717) is 5.56 Å². The first-order valence-corrected chi connectivity index (χ1v) is 7.17. The molecule has 3 aromatic rings. The van der Waals surface area contributed by atoms with Crippen LogP contribution in [0.25, 0.3) is 10.9 Å². The van der Waals surface area contributed by atoms with Crippen LogP contribution in [-0.2, 0) is 0 Å². The van der Waals surface area contributed by atoms with E-state index in [9.17, 15) is 9.59 Å². The summed E-state index contributed by atoms with van der Waals surface area (Å²) in [5.41, 5.74) is 8.62. The van der Waals surface area contributed by atoms with E-state index in [4.69, 9.17) is 0 Å². The van der Waals surface area contributed by atoms with Crippen LogP contribution in [0.1, 0.15) is 32.1 Å². The number of carbonyl (C=O) groups excluding carboxylic acids is 2. The number of hydrogen-bond donors (Lipinski definition) is 3. The number of aromatic amines is 1. The molecular weight excluding hydrogens is 292 g/mol. The third-order valence-electron chi connectivity index (χ3n) is 3.76. The quantitative estimate of drug-likeness (QED) is 0.635. The lowest BCUT2D eigenvalue weighted by molar-refractivity contribution is 0.0844. The molecule has 0 aliphatic rings. The van der Waals surface area contributed by atoms with E-state index in [-0.39, 0.29) is 11.6 Å². The van der Waals surface area contributed by atoms with E-state index in [0.717, 1.165) is 22.2 Å². The Morgan fingerprint density at radius 2 is 1.83 bits per heavy atom. The molecule has 0 radical (unpaired) electrons. The molecule has 1 aromatic carbocycles. The fraction of sp³-hybridized carbons (Fsp3) is 0.118. The molecule has 3 N–H and O–H groups in total. The highest BCUT2D eigenvalue weighted by atomic mass is 16.2. The Hall–Kier alpha value is -3.15. The minimum absolute atomic E-state index is 0.236. The smallest absolute Gasteiger partial charge is 0.288 e. The molecule has 0 unspecified atom stereocenters. The van der Waals surface area contributed by atoms with Crippen molar-refractivity contribution in [1.29, 1.82) is 0 Å². The summed E-state index contributed by atoms with van der Waals surface area (Å²) < 4.78 is 0. The second-order valence-corrected chi connectivity index (χ2v) is 5.26. The molecule has 0 aliphatic heterocycles. The standard InChI is InChI=1S/C17H16N4O2/c1-10-11(2)19-14-7-6-12(9-13(10)14)16(22)20-21-17(23)15-5-3-4-8-18-15/h3-9,19H,1-2H3,(H,20,22)(H,21,23). The Morgan fingerprint density at radius 3 is 2.57 bits per heavy atom. The van der Waals surface area contributed by atoms with Gasteiger partial charge in [-0.25, -0.2) is 0 Å². The molecular formula is C17H16N4O2. The Morgan fingerprint density at radius 1 is 1.04 bits per heavy atom. The Balaban J connectivity index is 1.73. The van der Waals surface area contributed by atoms with E-state index < -0.39 is 5.91 Å². The number of pyridine rings is 1. The first kappa shape index (κ1) is 14.8. The summed E-state index contributed by atoms with van der Waals surface area (Å²) in [6, 6.07) is 10.3. The molecule has 6 heteroatoms. The minimum atomic E-state index is -0.464. The van der Waals surface area contributed by atoms with Crippen molar-refractivity contribution < 1.29 is 9.59 Å². The van der Waals surface area contributed by atoms with Crippen molar-refractivity contribution in [3.05, 3.63) is 65.1 Å². The highest BCUT2D eigenvalue weighted by Crippen LogP contribution is 2.22. The van der Waals surface area contributed by atoms with Crippen molar-refractivity contribution in [1.82, 2.24) is 20.8 Å². The van der Waals surface area contributed by atoms with Gasteiger partial charge in [0.15, 0.2) is 0 Å². The molecule has 6 nitrogen and oxygen atoms in total. The number of hydrogen-bond acceptors (Lipinski definition) is 3. The van der Waals surface area contributed by atoms with Crippen molar-refractivity contribution in [2.75, 3.05) is 0 Å². The van der Waals surface area contributed by atoms with Crippen LogP contribution in [0, 0.1) is 13.8 Å². The molecule has 0 saturated heterocycles. The van der Waals surface area contributed by atoms with Crippen LogP contribution in [0.4, 0.5) is 0 Å². The Labute approximate surface area is 132 Å². The molecule has 116 valence electrons. The van der Waals surface area contributed by atoms with Gasteiger partial charge in [0.05, 0.1) is 0 Å². The van der Waals surface area contributed by atoms with E-state index >= 15 is 0 Å². The summed E-state index contributed by atoms with van der Waals surface area (Å²) in [6.45, 7) is 3.99. The molecule has 23 heavy (non-hydrogen) atoms. The number of hydrazine groups is 1. The molecule has 0 fully saturated rings. The van der Waals surface area contributed by atoms with Crippen molar-refractivity contribution in [2.45, 2.75) is 13.8 Å².